The highest BCUT2D eigenvalue weighted by Crippen LogP contribution is 2.20. The summed E-state index contributed by atoms with van der Waals surface area (Å²) < 4.78 is 24.5. The van der Waals surface area contributed by atoms with Crippen LogP contribution in [0, 0.1) is 6.92 Å². The Morgan fingerprint density at radius 1 is 1.57 bits per heavy atom. The van der Waals surface area contributed by atoms with Crippen molar-refractivity contribution in [2.75, 3.05) is 19.3 Å². The van der Waals surface area contributed by atoms with Gasteiger partial charge < -0.3 is 5.32 Å². The maximum atomic E-state index is 12.1. The van der Waals surface area contributed by atoms with Gasteiger partial charge in [-0.15, -0.1) is 11.3 Å². The van der Waals surface area contributed by atoms with Gasteiger partial charge in [-0.25, -0.2) is 13.4 Å². The average Bonchev–Trinajstić information content (AvgIpc) is 3.02. The molecule has 1 saturated heterocycles. The molecule has 2 rings (SSSR count). The minimum Gasteiger partial charge on any atom is -0.355 e. The molecule has 6 nitrogen and oxygen atoms in total. The number of carbonyl (C=O) groups excluding carboxylic acids is 1. The lowest BCUT2D eigenvalue weighted by Crippen LogP contribution is -2.45. The van der Waals surface area contributed by atoms with Crippen molar-refractivity contribution in [3.63, 3.8) is 0 Å². The number of thiazole rings is 1. The number of aromatic nitrogens is 1. The van der Waals surface area contributed by atoms with Crippen molar-refractivity contribution < 1.29 is 13.2 Å². The Kier molecular flexibility index (Phi) is 5.34. The number of aryl methyl sites for hydroxylation is 2. The Morgan fingerprint density at radius 2 is 2.33 bits per heavy atom. The van der Waals surface area contributed by atoms with Gasteiger partial charge in [-0.1, -0.05) is 0 Å². The van der Waals surface area contributed by atoms with Crippen LogP contribution in [-0.4, -0.2) is 49.0 Å². The number of nitrogens with zero attached hydrogens (tertiary/aromatic N) is 2. The fraction of sp³-hybridized carbons (Fsp3) is 0.692. The summed E-state index contributed by atoms with van der Waals surface area (Å²) in [5.74, 6) is -0.187. The van der Waals surface area contributed by atoms with Crippen LogP contribution in [0.1, 0.15) is 30.0 Å². The van der Waals surface area contributed by atoms with Gasteiger partial charge in [-0.05, 0) is 26.2 Å². The van der Waals surface area contributed by atoms with Crippen LogP contribution in [0.5, 0.6) is 0 Å². The molecular weight excluding hydrogens is 310 g/mol. The Morgan fingerprint density at radius 3 is 2.95 bits per heavy atom. The first kappa shape index (κ1) is 16.4. The lowest BCUT2D eigenvalue weighted by Gasteiger charge is -2.21. The number of carbonyl (C=O) groups is 1. The van der Waals surface area contributed by atoms with E-state index in [-0.39, 0.29) is 5.91 Å². The van der Waals surface area contributed by atoms with E-state index in [1.54, 1.807) is 11.3 Å². The number of rotatable bonds is 6. The van der Waals surface area contributed by atoms with Gasteiger partial charge >= 0.3 is 0 Å². The van der Waals surface area contributed by atoms with Crippen LogP contribution in [0.2, 0.25) is 0 Å². The summed E-state index contributed by atoms with van der Waals surface area (Å²) in [6.45, 7) is 2.95. The van der Waals surface area contributed by atoms with Crippen molar-refractivity contribution in [2.24, 2.45) is 0 Å². The van der Waals surface area contributed by atoms with Gasteiger partial charge in [0.1, 0.15) is 6.04 Å². The monoisotopic (exact) mass is 331 g/mol. The van der Waals surface area contributed by atoms with Crippen molar-refractivity contribution in [1.29, 1.82) is 0 Å². The second-order valence-electron chi connectivity index (χ2n) is 5.31. The summed E-state index contributed by atoms with van der Waals surface area (Å²) in [6, 6.07) is -0.540. The molecule has 0 aliphatic carbocycles. The fourth-order valence-corrected chi connectivity index (χ4v) is 4.43. The quantitative estimate of drug-likeness (QED) is 0.786. The fourth-order valence-electron chi connectivity index (χ4n) is 2.49. The molecule has 1 aromatic heterocycles. The third-order valence-corrected chi connectivity index (χ3v) is 5.78. The van der Waals surface area contributed by atoms with E-state index in [9.17, 15) is 13.2 Å². The van der Waals surface area contributed by atoms with Crippen LogP contribution in [0.3, 0.4) is 0 Å². The molecule has 1 fully saturated rings. The van der Waals surface area contributed by atoms with Crippen LogP contribution in [-0.2, 0) is 21.2 Å². The highest BCUT2D eigenvalue weighted by Gasteiger charge is 2.36. The normalized spacial score (nSPS) is 19.8. The molecule has 2 heterocycles. The maximum Gasteiger partial charge on any atom is 0.238 e. The van der Waals surface area contributed by atoms with E-state index >= 15 is 0 Å². The van der Waals surface area contributed by atoms with Gasteiger partial charge in [-0.3, -0.25) is 4.79 Å². The highest BCUT2D eigenvalue weighted by molar-refractivity contribution is 7.88. The zero-order valence-corrected chi connectivity index (χ0v) is 14.0. The van der Waals surface area contributed by atoms with Gasteiger partial charge in [-0.2, -0.15) is 4.31 Å². The smallest absolute Gasteiger partial charge is 0.238 e. The van der Waals surface area contributed by atoms with Crippen molar-refractivity contribution in [1.82, 2.24) is 14.6 Å². The predicted octanol–water partition coefficient (Wildman–Crippen LogP) is 0.924. The molecular formula is C13H21N3O3S2. The van der Waals surface area contributed by atoms with Crippen LogP contribution in [0.4, 0.5) is 0 Å². The molecule has 1 aromatic rings. The molecule has 0 radical (unpaired) electrons. The molecule has 0 unspecified atom stereocenters. The van der Waals surface area contributed by atoms with Gasteiger partial charge in [0.05, 0.1) is 11.3 Å². The number of amides is 1. The molecule has 118 valence electrons. The summed E-state index contributed by atoms with van der Waals surface area (Å²) >= 11 is 1.63. The Hall–Kier alpha value is -0.990. The number of sulfonamides is 1. The molecule has 0 aromatic carbocycles. The molecule has 1 aliphatic rings. The number of hydrogen-bond acceptors (Lipinski definition) is 5. The summed E-state index contributed by atoms with van der Waals surface area (Å²) in [7, 11) is -3.30. The van der Waals surface area contributed by atoms with Gasteiger partial charge in [0.2, 0.25) is 15.9 Å². The highest BCUT2D eigenvalue weighted by atomic mass is 32.2. The van der Waals surface area contributed by atoms with E-state index in [0.717, 1.165) is 36.2 Å². The standard InChI is InChI=1S/C13H21N3O3S2/c1-10-9-20-12(15-10)6-3-7-14-13(17)11-5-4-8-16(11)21(2,18)19/h9,11H,3-8H2,1-2H3,(H,14,17)/t11-/m0/s1. The second kappa shape index (κ2) is 6.85. The van der Waals surface area contributed by atoms with Crippen molar-refractivity contribution in [3.05, 3.63) is 16.1 Å². The second-order valence-corrected chi connectivity index (χ2v) is 8.19. The first-order valence-electron chi connectivity index (χ1n) is 7.03. The Labute approximate surface area is 129 Å². The molecule has 0 saturated carbocycles. The predicted molar refractivity (Wildman–Crippen MR) is 82.8 cm³/mol. The zero-order chi connectivity index (χ0) is 15.5. The van der Waals surface area contributed by atoms with E-state index in [0.29, 0.717) is 19.5 Å². The van der Waals surface area contributed by atoms with E-state index < -0.39 is 16.1 Å². The van der Waals surface area contributed by atoms with E-state index in [2.05, 4.69) is 10.3 Å². The SMILES string of the molecule is Cc1csc(CCCNC(=O)[C@@H]2CCCN2S(C)(=O)=O)n1. The Balaban J connectivity index is 1.76. The first-order chi connectivity index (χ1) is 9.88. The van der Waals surface area contributed by atoms with Crippen molar-refractivity contribution in [3.8, 4) is 0 Å². The molecule has 21 heavy (non-hydrogen) atoms. The van der Waals surface area contributed by atoms with Crippen LogP contribution in [0.15, 0.2) is 5.38 Å². The first-order valence-corrected chi connectivity index (χ1v) is 9.76. The van der Waals surface area contributed by atoms with Crippen LogP contribution in [0.25, 0.3) is 0 Å². The van der Waals surface area contributed by atoms with Gasteiger partial charge in [0.15, 0.2) is 0 Å². The van der Waals surface area contributed by atoms with Gasteiger partial charge in [0.25, 0.3) is 0 Å². The molecule has 0 spiro atoms. The molecule has 1 N–H and O–H groups in total. The Bertz CT molecular complexity index is 598. The van der Waals surface area contributed by atoms with Gasteiger partial charge in [0, 0.05) is 30.6 Å². The summed E-state index contributed by atoms with van der Waals surface area (Å²) in [4.78, 5) is 16.5. The van der Waals surface area contributed by atoms with E-state index in [1.807, 2.05) is 12.3 Å². The summed E-state index contributed by atoms with van der Waals surface area (Å²) in [6.07, 6.45) is 4.14. The zero-order valence-electron chi connectivity index (χ0n) is 12.3. The number of hydrogen-bond donors (Lipinski definition) is 1. The molecule has 1 atom stereocenters. The topological polar surface area (TPSA) is 79.4 Å². The average molecular weight is 331 g/mol. The van der Waals surface area contributed by atoms with E-state index in [1.165, 1.54) is 4.31 Å². The summed E-state index contributed by atoms with van der Waals surface area (Å²) in [5.41, 5.74) is 1.02. The molecule has 8 heteroatoms. The van der Waals surface area contributed by atoms with E-state index in [4.69, 9.17) is 0 Å². The third kappa shape index (κ3) is 4.49. The lowest BCUT2D eigenvalue weighted by molar-refractivity contribution is -0.124. The minimum atomic E-state index is -3.30. The van der Waals surface area contributed by atoms with Crippen LogP contribution >= 0.6 is 11.3 Å². The van der Waals surface area contributed by atoms with Crippen molar-refractivity contribution in [2.45, 2.75) is 38.6 Å². The molecule has 1 amide bonds. The minimum absolute atomic E-state index is 0.187. The van der Waals surface area contributed by atoms with Crippen molar-refractivity contribution >= 4 is 27.3 Å². The largest absolute Gasteiger partial charge is 0.355 e. The third-order valence-electron chi connectivity index (χ3n) is 3.47. The van der Waals surface area contributed by atoms with Crippen LogP contribution < -0.4 is 5.32 Å². The molecule has 0 bridgehead atoms. The molecule has 1 aliphatic heterocycles. The maximum absolute atomic E-state index is 12.1. The number of nitrogens with one attached hydrogen (secondary N) is 1. The lowest BCUT2D eigenvalue weighted by atomic mass is 10.2. The summed E-state index contributed by atoms with van der Waals surface area (Å²) in [5, 5.41) is 5.92.